The Bertz CT molecular complexity index is 937. The first-order valence-corrected chi connectivity index (χ1v) is 8.00. The van der Waals surface area contributed by atoms with Crippen molar-refractivity contribution in [1.82, 2.24) is 15.1 Å². The van der Waals surface area contributed by atoms with Crippen LogP contribution in [-0.4, -0.2) is 15.1 Å². The molecule has 0 atom stereocenters. The minimum absolute atomic E-state index is 0.504. The van der Waals surface area contributed by atoms with Crippen molar-refractivity contribution in [1.29, 1.82) is 0 Å². The molecule has 0 radical (unpaired) electrons. The molecule has 104 valence electrons. The van der Waals surface area contributed by atoms with Gasteiger partial charge in [-0.3, -0.25) is 0 Å². The molecule has 2 N–H and O–H groups in total. The molecule has 0 amide bonds. The van der Waals surface area contributed by atoms with Gasteiger partial charge in [0.25, 0.3) is 5.89 Å². The smallest absolute Gasteiger partial charge is 0.258 e. The summed E-state index contributed by atoms with van der Waals surface area (Å²) in [4.78, 5) is 8.72. The zero-order chi connectivity index (χ0) is 14.4. The summed E-state index contributed by atoms with van der Waals surface area (Å²) in [5.74, 6) is 1.12. The summed E-state index contributed by atoms with van der Waals surface area (Å²) in [6.07, 6.45) is 0. The number of benzene rings is 1. The van der Waals surface area contributed by atoms with Crippen molar-refractivity contribution >= 4 is 38.0 Å². The molecule has 0 aliphatic heterocycles. The minimum Gasteiger partial charge on any atom is -0.375 e. The Hall–Kier alpha value is -2.25. The molecule has 0 fully saturated rings. The van der Waals surface area contributed by atoms with Crippen LogP contribution in [0.2, 0.25) is 0 Å². The average Bonchev–Trinajstić information content (AvgIpc) is 3.15. The Balaban J connectivity index is 1.78. The van der Waals surface area contributed by atoms with Gasteiger partial charge >= 0.3 is 0 Å². The van der Waals surface area contributed by atoms with Crippen molar-refractivity contribution < 1.29 is 4.52 Å². The molecule has 0 aliphatic carbocycles. The minimum atomic E-state index is 0.504. The number of rotatable bonds is 2. The molecule has 0 saturated carbocycles. The molecule has 3 heterocycles. The highest BCUT2D eigenvalue weighted by molar-refractivity contribution is 7.22. The van der Waals surface area contributed by atoms with Crippen LogP contribution < -0.4 is 5.73 Å². The fraction of sp³-hybridized carbons (Fsp3) is 0.0714. The van der Waals surface area contributed by atoms with Gasteiger partial charge < -0.3 is 10.3 Å². The first-order valence-electron chi connectivity index (χ1n) is 6.24. The van der Waals surface area contributed by atoms with Gasteiger partial charge in [-0.25, -0.2) is 4.98 Å². The zero-order valence-corrected chi connectivity index (χ0v) is 12.7. The topological polar surface area (TPSA) is 77.8 Å². The second-order valence-electron chi connectivity index (χ2n) is 4.63. The number of nitrogens with two attached hydrogens (primary N) is 1. The summed E-state index contributed by atoms with van der Waals surface area (Å²) >= 11 is 3.08. The van der Waals surface area contributed by atoms with Crippen molar-refractivity contribution in [2.45, 2.75) is 6.92 Å². The van der Waals surface area contributed by atoms with E-state index >= 15 is 0 Å². The van der Waals surface area contributed by atoms with Crippen molar-refractivity contribution in [3.8, 4) is 22.8 Å². The van der Waals surface area contributed by atoms with E-state index < -0.39 is 0 Å². The van der Waals surface area contributed by atoms with Crippen molar-refractivity contribution in [2.75, 3.05) is 5.73 Å². The molecule has 0 aliphatic rings. The maximum absolute atomic E-state index is 5.72. The summed E-state index contributed by atoms with van der Waals surface area (Å²) in [5.41, 5.74) is 9.64. The third kappa shape index (κ3) is 2.10. The van der Waals surface area contributed by atoms with Crippen LogP contribution in [0.15, 0.2) is 33.5 Å². The highest BCUT2D eigenvalue weighted by Crippen LogP contribution is 2.30. The van der Waals surface area contributed by atoms with Crippen LogP contribution >= 0.6 is 22.7 Å². The monoisotopic (exact) mass is 314 g/mol. The number of nitrogen functional groups attached to an aromatic ring is 1. The van der Waals surface area contributed by atoms with Crippen LogP contribution in [-0.2, 0) is 0 Å². The quantitative estimate of drug-likeness (QED) is 0.606. The Labute approximate surface area is 128 Å². The molecule has 0 spiro atoms. The van der Waals surface area contributed by atoms with Crippen LogP contribution in [0.1, 0.15) is 5.56 Å². The standard InChI is InChI=1S/C14H10N4OS2/c1-7-5-20-6-9(7)12-17-13(19-18-12)8-2-3-10-11(4-8)21-14(15)16-10/h2-6H,1H3,(H2,15,16). The molecule has 7 heteroatoms. The van der Waals surface area contributed by atoms with Crippen LogP contribution in [0.5, 0.6) is 0 Å². The van der Waals surface area contributed by atoms with Gasteiger partial charge in [-0.15, -0.1) is 0 Å². The van der Waals surface area contributed by atoms with Gasteiger partial charge in [0.1, 0.15) is 0 Å². The van der Waals surface area contributed by atoms with Gasteiger partial charge in [0.2, 0.25) is 5.82 Å². The van der Waals surface area contributed by atoms with E-state index in [0.29, 0.717) is 16.8 Å². The number of fused-ring (bicyclic) bond motifs is 1. The van der Waals surface area contributed by atoms with Gasteiger partial charge in [0.15, 0.2) is 5.13 Å². The summed E-state index contributed by atoms with van der Waals surface area (Å²) in [6.45, 7) is 2.04. The van der Waals surface area contributed by atoms with Gasteiger partial charge in [-0.2, -0.15) is 16.3 Å². The van der Waals surface area contributed by atoms with E-state index in [1.54, 1.807) is 11.3 Å². The summed E-state index contributed by atoms with van der Waals surface area (Å²) in [5, 5.41) is 8.71. The molecular formula is C14H10N4OS2. The molecule has 0 saturated heterocycles. The van der Waals surface area contributed by atoms with Crippen LogP contribution in [0.3, 0.4) is 0 Å². The van der Waals surface area contributed by atoms with E-state index in [0.717, 1.165) is 26.9 Å². The van der Waals surface area contributed by atoms with Crippen LogP contribution in [0.4, 0.5) is 5.13 Å². The fourth-order valence-electron chi connectivity index (χ4n) is 2.12. The Kier molecular flexibility index (Phi) is 2.76. The number of aryl methyl sites for hydroxylation is 1. The van der Waals surface area contributed by atoms with E-state index in [2.05, 4.69) is 20.5 Å². The molecule has 0 bridgehead atoms. The van der Waals surface area contributed by atoms with Gasteiger partial charge in [-0.1, -0.05) is 16.5 Å². The number of anilines is 1. The highest BCUT2D eigenvalue weighted by Gasteiger charge is 2.14. The average molecular weight is 314 g/mol. The van der Waals surface area contributed by atoms with E-state index in [1.165, 1.54) is 11.3 Å². The molecule has 5 nitrogen and oxygen atoms in total. The van der Waals surface area contributed by atoms with E-state index in [9.17, 15) is 0 Å². The largest absolute Gasteiger partial charge is 0.375 e. The van der Waals surface area contributed by atoms with Gasteiger partial charge in [0.05, 0.1) is 10.2 Å². The lowest BCUT2D eigenvalue weighted by Crippen LogP contribution is -1.81. The van der Waals surface area contributed by atoms with Crippen LogP contribution in [0.25, 0.3) is 33.1 Å². The van der Waals surface area contributed by atoms with E-state index in [4.69, 9.17) is 10.3 Å². The predicted molar refractivity (Wildman–Crippen MR) is 85.4 cm³/mol. The molecule has 21 heavy (non-hydrogen) atoms. The van der Waals surface area contributed by atoms with Crippen molar-refractivity contribution in [3.63, 3.8) is 0 Å². The Morgan fingerprint density at radius 3 is 2.90 bits per heavy atom. The predicted octanol–water partition coefficient (Wildman–Crippen LogP) is 3.97. The fourth-order valence-corrected chi connectivity index (χ4v) is 3.72. The first-order chi connectivity index (χ1) is 10.2. The molecule has 4 rings (SSSR count). The molecule has 4 aromatic rings. The number of nitrogens with zero attached hydrogens (tertiary/aromatic N) is 3. The van der Waals surface area contributed by atoms with Gasteiger partial charge in [-0.05, 0) is 36.1 Å². The second-order valence-corrected chi connectivity index (χ2v) is 6.43. The molecule has 0 unspecified atom stereocenters. The number of thiophene rings is 1. The third-order valence-corrected chi connectivity index (χ3v) is 4.88. The number of hydrogen-bond acceptors (Lipinski definition) is 7. The van der Waals surface area contributed by atoms with Crippen LogP contribution in [0, 0.1) is 6.92 Å². The lowest BCUT2D eigenvalue weighted by molar-refractivity contribution is 0.432. The van der Waals surface area contributed by atoms with E-state index in [1.807, 2.05) is 30.5 Å². The summed E-state index contributed by atoms with van der Waals surface area (Å²) < 4.78 is 6.39. The second kappa shape index (κ2) is 4.64. The van der Waals surface area contributed by atoms with Crippen molar-refractivity contribution in [2.24, 2.45) is 0 Å². The van der Waals surface area contributed by atoms with E-state index in [-0.39, 0.29) is 0 Å². The first kappa shape index (κ1) is 12.5. The maximum Gasteiger partial charge on any atom is 0.258 e. The zero-order valence-electron chi connectivity index (χ0n) is 11.0. The normalized spacial score (nSPS) is 11.3. The highest BCUT2D eigenvalue weighted by atomic mass is 32.1. The maximum atomic E-state index is 5.72. The molecular weight excluding hydrogens is 304 g/mol. The lowest BCUT2D eigenvalue weighted by atomic mass is 10.2. The third-order valence-electron chi connectivity index (χ3n) is 3.17. The SMILES string of the molecule is Cc1cscc1-c1noc(-c2ccc3nc(N)sc3c2)n1. The van der Waals surface area contributed by atoms with Crippen molar-refractivity contribution in [3.05, 3.63) is 34.5 Å². The molecule has 1 aromatic carbocycles. The number of thiazole rings is 1. The summed E-state index contributed by atoms with van der Waals surface area (Å²) in [6, 6.07) is 5.80. The lowest BCUT2D eigenvalue weighted by Gasteiger charge is -1.93. The number of aromatic nitrogens is 3. The van der Waals surface area contributed by atoms with Gasteiger partial charge in [0, 0.05) is 16.5 Å². The summed E-state index contributed by atoms with van der Waals surface area (Å²) in [7, 11) is 0. The molecule has 3 aromatic heterocycles. The number of hydrogen-bond donors (Lipinski definition) is 1. The Morgan fingerprint density at radius 2 is 2.10 bits per heavy atom. The Morgan fingerprint density at radius 1 is 1.19 bits per heavy atom.